The molecule has 0 heteroatoms. The van der Waals surface area contributed by atoms with E-state index < -0.39 is 0 Å². The summed E-state index contributed by atoms with van der Waals surface area (Å²) in [4.78, 5) is 0. The second kappa shape index (κ2) is 14.9. The Labute approximate surface area is 185 Å². The smallest absolute Gasteiger partial charge is 0.0380 e. The summed E-state index contributed by atoms with van der Waals surface area (Å²) in [5.74, 6) is 6.09. The molecule has 0 aliphatic heterocycles. The molecular formula is C29H56. The van der Waals surface area contributed by atoms with Crippen molar-refractivity contribution in [3.05, 3.63) is 0 Å². The quantitative estimate of drug-likeness (QED) is 0.427. The maximum absolute atomic E-state index is 2.57. The monoisotopic (exact) mass is 404 g/mol. The van der Waals surface area contributed by atoms with E-state index in [2.05, 4.69) is 27.7 Å². The van der Waals surface area contributed by atoms with Crippen LogP contribution in [0.5, 0.6) is 0 Å². The van der Waals surface area contributed by atoms with E-state index in [9.17, 15) is 0 Å². The van der Waals surface area contributed by atoms with Gasteiger partial charge in [-0.2, -0.15) is 0 Å². The normalized spacial score (nSPS) is 36.8. The maximum Gasteiger partial charge on any atom is -0.0380 e. The Morgan fingerprint density at radius 2 is 1.03 bits per heavy atom. The number of hydrogen-bond acceptors (Lipinski definition) is 0. The van der Waals surface area contributed by atoms with Gasteiger partial charge in [0.2, 0.25) is 0 Å². The molecule has 2 rings (SSSR count). The molecule has 0 aromatic carbocycles. The molecule has 0 amide bonds. The first-order valence-corrected chi connectivity index (χ1v) is 14.2. The van der Waals surface area contributed by atoms with Crippen molar-refractivity contribution in [1.82, 2.24) is 0 Å². The van der Waals surface area contributed by atoms with Crippen LogP contribution in [-0.4, -0.2) is 0 Å². The molecule has 2 aliphatic rings. The van der Waals surface area contributed by atoms with Crippen LogP contribution in [0.3, 0.4) is 0 Å². The van der Waals surface area contributed by atoms with Gasteiger partial charge in [0.15, 0.2) is 0 Å². The summed E-state index contributed by atoms with van der Waals surface area (Å²) in [5, 5.41) is 0. The molecule has 29 heavy (non-hydrogen) atoms. The van der Waals surface area contributed by atoms with Crippen LogP contribution in [0.4, 0.5) is 0 Å². The molecule has 2 saturated carbocycles. The molecule has 0 heterocycles. The molecule has 0 nitrogen and oxygen atoms in total. The van der Waals surface area contributed by atoms with Gasteiger partial charge in [0.25, 0.3) is 0 Å². The van der Waals surface area contributed by atoms with Crippen LogP contribution in [0.15, 0.2) is 0 Å². The fourth-order valence-electron chi connectivity index (χ4n) is 7.18. The molecule has 0 spiro atoms. The Bertz CT molecular complexity index is 371. The third-order valence-corrected chi connectivity index (χ3v) is 9.24. The molecule has 172 valence electrons. The van der Waals surface area contributed by atoms with Crippen LogP contribution in [0.25, 0.3) is 0 Å². The highest BCUT2D eigenvalue weighted by atomic mass is 14.4. The first-order chi connectivity index (χ1) is 14.2. The molecule has 2 aliphatic carbocycles. The van der Waals surface area contributed by atoms with Crippen molar-refractivity contribution in [2.75, 3.05) is 0 Å². The number of rotatable bonds is 5. The SMILES string of the molecule is CCCC1CCCCCCCCCCC(C2CC(CC)C(C)C(CC)C2)CCC1. The van der Waals surface area contributed by atoms with E-state index in [0.717, 1.165) is 35.5 Å². The molecular weight excluding hydrogens is 348 g/mol. The van der Waals surface area contributed by atoms with Crippen LogP contribution in [0.1, 0.15) is 150 Å². The molecule has 0 bridgehead atoms. The van der Waals surface area contributed by atoms with E-state index in [1.54, 1.807) is 25.7 Å². The van der Waals surface area contributed by atoms with Crippen LogP contribution >= 0.6 is 0 Å². The van der Waals surface area contributed by atoms with Gasteiger partial charge in [-0.1, -0.05) is 137 Å². The van der Waals surface area contributed by atoms with Crippen LogP contribution in [-0.2, 0) is 0 Å². The average Bonchev–Trinajstić information content (AvgIpc) is 2.74. The summed E-state index contributed by atoms with van der Waals surface area (Å²) >= 11 is 0. The minimum atomic E-state index is 0.970. The van der Waals surface area contributed by atoms with Crippen molar-refractivity contribution in [1.29, 1.82) is 0 Å². The molecule has 4 atom stereocenters. The zero-order valence-corrected chi connectivity index (χ0v) is 20.9. The largest absolute Gasteiger partial charge is 0.0654 e. The van der Waals surface area contributed by atoms with Crippen LogP contribution in [0.2, 0.25) is 0 Å². The molecule has 0 N–H and O–H groups in total. The Morgan fingerprint density at radius 1 is 0.552 bits per heavy atom. The van der Waals surface area contributed by atoms with Crippen molar-refractivity contribution in [3.63, 3.8) is 0 Å². The first-order valence-electron chi connectivity index (χ1n) is 14.2. The Kier molecular flexibility index (Phi) is 13.0. The summed E-state index contributed by atoms with van der Waals surface area (Å²) < 4.78 is 0. The summed E-state index contributed by atoms with van der Waals surface area (Å²) in [6.07, 6.45) is 28.5. The highest BCUT2D eigenvalue weighted by molar-refractivity contribution is 4.86. The molecule has 4 unspecified atom stereocenters. The highest BCUT2D eigenvalue weighted by Crippen LogP contribution is 2.46. The highest BCUT2D eigenvalue weighted by Gasteiger charge is 2.36. The summed E-state index contributed by atoms with van der Waals surface area (Å²) in [6, 6.07) is 0. The first kappa shape index (κ1) is 25.3. The van der Waals surface area contributed by atoms with Crippen LogP contribution < -0.4 is 0 Å². The lowest BCUT2D eigenvalue weighted by molar-refractivity contribution is 0.0709. The number of hydrogen-bond donors (Lipinski definition) is 0. The lowest BCUT2D eigenvalue weighted by Gasteiger charge is -2.43. The third kappa shape index (κ3) is 8.95. The van der Waals surface area contributed by atoms with E-state index in [0.29, 0.717) is 0 Å². The maximum atomic E-state index is 2.57. The van der Waals surface area contributed by atoms with Gasteiger partial charge >= 0.3 is 0 Å². The van der Waals surface area contributed by atoms with E-state index in [4.69, 9.17) is 0 Å². The average molecular weight is 405 g/mol. The van der Waals surface area contributed by atoms with Crippen molar-refractivity contribution < 1.29 is 0 Å². The van der Waals surface area contributed by atoms with Gasteiger partial charge in [-0.25, -0.2) is 0 Å². The minimum absolute atomic E-state index is 0.970. The molecule has 0 saturated heterocycles. The van der Waals surface area contributed by atoms with E-state index in [-0.39, 0.29) is 0 Å². The second-order valence-corrected chi connectivity index (χ2v) is 11.2. The summed E-state index contributed by atoms with van der Waals surface area (Å²) in [6.45, 7) is 9.89. The fraction of sp³-hybridized carbons (Fsp3) is 1.00. The zero-order valence-electron chi connectivity index (χ0n) is 20.9. The van der Waals surface area contributed by atoms with Gasteiger partial charge in [-0.05, 0) is 48.3 Å². The van der Waals surface area contributed by atoms with E-state index >= 15 is 0 Å². The van der Waals surface area contributed by atoms with Gasteiger partial charge in [0, 0.05) is 0 Å². The Balaban J connectivity index is 1.98. The second-order valence-electron chi connectivity index (χ2n) is 11.2. The van der Waals surface area contributed by atoms with Gasteiger partial charge < -0.3 is 0 Å². The Hall–Kier alpha value is 0. The topological polar surface area (TPSA) is 0 Å². The third-order valence-electron chi connectivity index (χ3n) is 9.24. The molecule has 0 aromatic heterocycles. The standard InChI is InChI=1S/C29H56/c1-5-17-25-18-14-12-10-8-9-11-13-15-20-28(21-16-19-25)29-22-26(6-2)24(4)27(7-3)23-29/h24-29H,5-23H2,1-4H3. The van der Waals surface area contributed by atoms with E-state index in [1.807, 2.05) is 0 Å². The van der Waals surface area contributed by atoms with Crippen molar-refractivity contribution in [3.8, 4) is 0 Å². The van der Waals surface area contributed by atoms with E-state index in [1.165, 1.54) is 96.3 Å². The molecule has 0 radical (unpaired) electrons. The predicted octanol–water partition coefficient (Wildman–Crippen LogP) is 10.2. The summed E-state index contributed by atoms with van der Waals surface area (Å²) in [7, 11) is 0. The van der Waals surface area contributed by atoms with Gasteiger partial charge in [-0.3, -0.25) is 0 Å². The molecule has 2 fully saturated rings. The lowest BCUT2D eigenvalue weighted by Crippen LogP contribution is -2.34. The zero-order chi connectivity index (χ0) is 20.9. The van der Waals surface area contributed by atoms with Gasteiger partial charge in [0.1, 0.15) is 0 Å². The minimum Gasteiger partial charge on any atom is -0.0654 e. The van der Waals surface area contributed by atoms with Gasteiger partial charge in [0.05, 0.1) is 0 Å². The van der Waals surface area contributed by atoms with Gasteiger partial charge in [-0.15, -0.1) is 0 Å². The summed E-state index contributed by atoms with van der Waals surface area (Å²) in [5.41, 5.74) is 0. The van der Waals surface area contributed by atoms with Crippen molar-refractivity contribution in [2.24, 2.45) is 35.5 Å². The predicted molar refractivity (Wildman–Crippen MR) is 131 cm³/mol. The van der Waals surface area contributed by atoms with Crippen LogP contribution in [0, 0.1) is 35.5 Å². The lowest BCUT2D eigenvalue weighted by atomic mass is 9.62. The Morgan fingerprint density at radius 3 is 1.59 bits per heavy atom. The van der Waals surface area contributed by atoms with Crippen molar-refractivity contribution in [2.45, 2.75) is 150 Å². The van der Waals surface area contributed by atoms with Crippen molar-refractivity contribution >= 4 is 0 Å². The molecule has 0 aromatic rings. The fourth-order valence-corrected chi connectivity index (χ4v) is 7.18.